The molecule has 0 radical (unpaired) electrons. The van der Waals surface area contributed by atoms with Gasteiger partial charge in [0.2, 0.25) is 0 Å². The number of hydrogen-bond donors (Lipinski definition) is 0. The molecule has 176 valence electrons. The third-order valence-electron chi connectivity index (χ3n) is 7.36. The van der Waals surface area contributed by atoms with Gasteiger partial charge in [-0.15, -0.1) is 0 Å². The van der Waals surface area contributed by atoms with Crippen LogP contribution in [0, 0.1) is 0 Å². The summed E-state index contributed by atoms with van der Waals surface area (Å²) in [4.78, 5) is 0. The third-order valence-corrected chi connectivity index (χ3v) is 7.36. The van der Waals surface area contributed by atoms with Gasteiger partial charge in [-0.3, -0.25) is 0 Å². The summed E-state index contributed by atoms with van der Waals surface area (Å²) in [5, 5.41) is 0. The summed E-state index contributed by atoms with van der Waals surface area (Å²) >= 11 is 0. The van der Waals surface area contributed by atoms with Gasteiger partial charge >= 0.3 is 7.12 Å². The molecule has 1 aliphatic carbocycles. The molecule has 1 aliphatic heterocycles. The number of benzene rings is 3. The maximum absolute atomic E-state index is 6.39. The molecule has 0 saturated carbocycles. The predicted molar refractivity (Wildman–Crippen MR) is 147 cm³/mol. The lowest BCUT2D eigenvalue weighted by molar-refractivity contribution is 0.00578. The molecule has 0 N–H and O–H groups in total. The van der Waals surface area contributed by atoms with E-state index in [1.54, 1.807) is 0 Å². The SMILES string of the molecule is CC1(C)OB(c2cccc(C(C3=CCCC=C3)=C(c3ccccc3)c3ccccc3)c2)OC1(C)C. The summed E-state index contributed by atoms with van der Waals surface area (Å²) in [6.45, 7) is 8.40. The van der Waals surface area contributed by atoms with Crippen LogP contribution in [0.25, 0.3) is 11.1 Å². The largest absolute Gasteiger partial charge is 0.494 e. The highest BCUT2D eigenvalue weighted by molar-refractivity contribution is 6.62. The van der Waals surface area contributed by atoms with Gasteiger partial charge in [-0.25, -0.2) is 0 Å². The molecule has 5 rings (SSSR count). The maximum atomic E-state index is 6.39. The first-order chi connectivity index (χ1) is 16.9. The summed E-state index contributed by atoms with van der Waals surface area (Å²) in [6.07, 6.45) is 9.04. The average Bonchev–Trinajstić information content (AvgIpc) is 3.10. The Morgan fingerprint density at radius 3 is 1.77 bits per heavy atom. The molecular weight excluding hydrogens is 427 g/mol. The van der Waals surface area contributed by atoms with Crippen LogP contribution in [0.5, 0.6) is 0 Å². The minimum Gasteiger partial charge on any atom is -0.399 e. The van der Waals surface area contributed by atoms with Gasteiger partial charge in [0.05, 0.1) is 11.2 Å². The van der Waals surface area contributed by atoms with Crippen LogP contribution in [-0.2, 0) is 9.31 Å². The molecular formula is C32H33BO2. The summed E-state index contributed by atoms with van der Waals surface area (Å²) in [6, 6.07) is 30.1. The van der Waals surface area contributed by atoms with E-state index in [4.69, 9.17) is 9.31 Å². The smallest absolute Gasteiger partial charge is 0.399 e. The highest BCUT2D eigenvalue weighted by Crippen LogP contribution is 2.39. The zero-order chi connectivity index (χ0) is 24.5. The molecule has 3 aromatic carbocycles. The van der Waals surface area contributed by atoms with Crippen LogP contribution < -0.4 is 5.46 Å². The van der Waals surface area contributed by atoms with Gasteiger partial charge in [0, 0.05) is 0 Å². The van der Waals surface area contributed by atoms with Crippen molar-refractivity contribution in [3.63, 3.8) is 0 Å². The molecule has 0 amide bonds. The summed E-state index contributed by atoms with van der Waals surface area (Å²) in [5.74, 6) is 0. The summed E-state index contributed by atoms with van der Waals surface area (Å²) in [5.41, 5.74) is 7.58. The molecule has 1 saturated heterocycles. The Kier molecular flexibility index (Phi) is 6.40. The second kappa shape index (κ2) is 9.49. The van der Waals surface area contributed by atoms with E-state index < -0.39 is 7.12 Å². The van der Waals surface area contributed by atoms with Crippen LogP contribution in [0.15, 0.2) is 109 Å². The second-order valence-electron chi connectivity index (χ2n) is 10.3. The van der Waals surface area contributed by atoms with Gasteiger partial charge in [0.25, 0.3) is 0 Å². The standard InChI is InChI=1S/C32H33BO2/c1-31(2)32(3,4)35-33(34-31)28-22-14-21-27(23-28)30(26-19-12-7-13-20-26)29(24-15-8-5-9-16-24)25-17-10-6-11-18-25/h5-6,8-12,14-23H,7,13H2,1-4H3. The van der Waals surface area contributed by atoms with E-state index in [1.165, 1.54) is 27.8 Å². The van der Waals surface area contributed by atoms with E-state index in [9.17, 15) is 0 Å². The molecule has 0 bridgehead atoms. The second-order valence-corrected chi connectivity index (χ2v) is 10.3. The Morgan fingerprint density at radius 1 is 0.657 bits per heavy atom. The number of rotatable bonds is 5. The first-order valence-electron chi connectivity index (χ1n) is 12.5. The van der Waals surface area contributed by atoms with Crippen LogP contribution in [0.3, 0.4) is 0 Å². The van der Waals surface area contributed by atoms with Crippen molar-refractivity contribution in [2.75, 3.05) is 0 Å². The zero-order valence-electron chi connectivity index (χ0n) is 21.1. The van der Waals surface area contributed by atoms with Crippen molar-refractivity contribution in [3.05, 3.63) is 125 Å². The quantitative estimate of drug-likeness (QED) is 0.296. The Hall–Kier alpha value is -3.14. The molecule has 0 spiro atoms. The molecule has 1 heterocycles. The monoisotopic (exact) mass is 460 g/mol. The van der Waals surface area contributed by atoms with Crippen molar-refractivity contribution in [3.8, 4) is 0 Å². The van der Waals surface area contributed by atoms with E-state index in [2.05, 4.69) is 131 Å². The van der Waals surface area contributed by atoms with E-state index in [0.717, 1.165) is 23.9 Å². The van der Waals surface area contributed by atoms with E-state index >= 15 is 0 Å². The van der Waals surface area contributed by atoms with E-state index in [-0.39, 0.29) is 11.2 Å². The Bertz CT molecular complexity index is 1230. The van der Waals surface area contributed by atoms with E-state index in [0.29, 0.717) is 0 Å². The van der Waals surface area contributed by atoms with E-state index in [1.807, 2.05) is 0 Å². The maximum Gasteiger partial charge on any atom is 0.494 e. The molecule has 2 nitrogen and oxygen atoms in total. The van der Waals surface area contributed by atoms with Crippen molar-refractivity contribution >= 4 is 23.7 Å². The number of allylic oxidation sites excluding steroid dienone is 5. The minimum absolute atomic E-state index is 0.375. The van der Waals surface area contributed by atoms with Crippen LogP contribution >= 0.6 is 0 Å². The van der Waals surface area contributed by atoms with Crippen molar-refractivity contribution < 1.29 is 9.31 Å². The Balaban J connectivity index is 1.72. The van der Waals surface area contributed by atoms with Crippen molar-refractivity contribution in [1.82, 2.24) is 0 Å². The molecule has 1 fully saturated rings. The van der Waals surface area contributed by atoms with Gasteiger partial charge < -0.3 is 9.31 Å². The predicted octanol–water partition coefficient (Wildman–Crippen LogP) is 7.22. The molecule has 3 aromatic rings. The van der Waals surface area contributed by atoms with Crippen molar-refractivity contribution in [2.24, 2.45) is 0 Å². The third kappa shape index (κ3) is 4.71. The van der Waals surface area contributed by atoms with Gasteiger partial charge in [-0.1, -0.05) is 103 Å². The zero-order valence-corrected chi connectivity index (χ0v) is 21.1. The molecule has 35 heavy (non-hydrogen) atoms. The topological polar surface area (TPSA) is 18.5 Å². The molecule has 2 aliphatic rings. The molecule has 0 aromatic heterocycles. The lowest BCUT2D eigenvalue weighted by Crippen LogP contribution is -2.41. The van der Waals surface area contributed by atoms with Crippen molar-refractivity contribution in [2.45, 2.75) is 51.7 Å². The Labute approximate surface area is 210 Å². The van der Waals surface area contributed by atoms with Crippen LogP contribution in [0.4, 0.5) is 0 Å². The fourth-order valence-electron chi connectivity index (χ4n) is 4.74. The summed E-state index contributed by atoms with van der Waals surface area (Å²) < 4.78 is 12.8. The highest BCUT2D eigenvalue weighted by atomic mass is 16.7. The van der Waals surface area contributed by atoms with Gasteiger partial charge in [0.15, 0.2) is 0 Å². The lowest BCUT2D eigenvalue weighted by atomic mass is 9.76. The highest BCUT2D eigenvalue weighted by Gasteiger charge is 2.51. The fourth-order valence-corrected chi connectivity index (χ4v) is 4.74. The van der Waals surface area contributed by atoms with Crippen molar-refractivity contribution in [1.29, 1.82) is 0 Å². The molecule has 0 unspecified atom stereocenters. The first kappa shape index (κ1) is 23.6. The number of hydrogen-bond acceptors (Lipinski definition) is 2. The van der Waals surface area contributed by atoms with Gasteiger partial charge in [0.1, 0.15) is 0 Å². The first-order valence-corrected chi connectivity index (χ1v) is 12.5. The van der Waals surface area contributed by atoms with Crippen LogP contribution in [0.1, 0.15) is 57.2 Å². The van der Waals surface area contributed by atoms with Crippen LogP contribution in [0.2, 0.25) is 0 Å². The fraction of sp³-hybridized carbons (Fsp3) is 0.250. The summed E-state index contributed by atoms with van der Waals surface area (Å²) in [7, 11) is -0.394. The lowest BCUT2D eigenvalue weighted by Gasteiger charge is -2.32. The van der Waals surface area contributed by atoms with Crippen LogP contribution in [-0.4, -0.2) is 18.3 Å². The van der Waals surface area contributed by atoms with Gasteiger partial charge in [-0.2, -0.15) is 0 Å². The normalized spacial score (nSPS) is 18.3. The Morgan fingerprint density at radius 2 is 1.23 bits per heavy atom. The average molecular weight is 460 g/mol. The van der Waals surface area contributed by atoms with Gasteiger partial charge in [-0.05, 0) is 79.4 Å². The molecule has 0 atom stereocenters. The minimum atomic E-state index is -0.394. The molecule has 3 heteroatoms.